The van der Waals surface area contributed by atoms with Crippen molar-refractivity contribution in [3.63, 3.8) is 0 Å². The van der Waals surface area contributed by atoms with E-state index in [1.165, 1.54) is 52.6 Å². The molecule has 0 aromatic carbocycles. The summed E-state index contributed by atoms with van der Waals surface area (Å²) in [6.07, 6.45) is 8.89. The number of anilines is 1. The van der Waals surface area contributed by atoms with E-state index in [4.69, 9.17) is 9.97 Å². The van der Waals surface area contributed by atoms with Gasteiger partial charge in [-0.3, -0.25) is 0 Å². The zero-order chi connectivity index (χ0) is 17.4. The van der Waals surface area contributed by atoms with Crippen molar-refractivity contribution in [1.82, 2.24) is 15.0 Å². The Hall–Kier alpha value is -1.75. The second-order valence-corrected chi connectivity index (χ2v) is 7.80. The van der Waals surface area contributed by atoms with E-state index in [-0.39, 0.29) is 0 Å². The predicted molar refractivity (Wildman–Crippen MR) is 107 cm³/mol. The Morgan fingerprint density at radius 1 is 1.04 bits per heavy atom. The monoisotopic (exact) mass is 354 g/mol. The van der Waals surface area contributed by atoms with Gasteiger partial charge in [-0.05, 0) is 57.1 Å². The Kier molecular flexibility index (Phi) is 4.59. The second-order valence-electron chi connectivity index (χ2n) is 6.80. The van der Waals surface area contributed by atoms with Crippen LogP contribution in [0.4, 0.5) is 5.82 Å². The number of aromatic nitrogens is 3. The van der Waals surface area contributed by atoms with Crippen LogP contribution < -0.4 is 4.90 Å². The number of aryl methyl sites for hydroxylation is 2. The fourth-order valence-electron chi connectivity index (χ4n) is 4.12. The number of thiophene rings is 1. The number of nitrogens with zero attached hydrogens (tertiary/aromatic N) is 4. The fourth-order valence-corrected chi connectivity index (χ4v) is 5.31. The van der Waals surface area contributed by atoms with Crippen molar-refractivity contribution in [2.24, 2.45) is 0 Å². The molecule has 0 atom stereocenters. The van der Waals surface area contributed by atoms with Crippen LogP contribution in [0, 0.1) is 0 Å². The highest BCUT2D eigenvalue weighted by atomic mass is 32.1. The first-order valence-corrected chi connectivity index (χ1v) is 10.4. The minimum absolute atomic E-state index is 0.962. The molecule has 3 aromatic heterocycles. The molecule has 0 spiro atoms. The summed E-state index contributed by atoms with van der Waals surface area (Å²) in [6, 6.07) is 0. The van der Waals surface area contributed by atoms with Gasteiger partial charge in [0.1, 0.15) is 17.0 Å². The number of rotatable bonds is 5. The predicted octanol–water partition coefficient (Wildman–Crippen LogP) is 4.92. The molecular weight excluding hydrogens is 328 g/mol. The molecule has 0 N–H and O–H groups in total. The molecule has 4 nitrogen and oxygen atoms in total. The standard InChI is InChI=1S/C20H26N4S/c1-4-9-15-13-10-7-8-11-14(13)16-17-18(25-20(16)23-15)19(22-12-21-17)24(5-2)6-3/h12H,4-11H2,1-3H3. The lowest BCUT2D eigenvalue weighted by molar-refractivity contribution is 0.675. The highest BCUT2D eigenvalue weighted by Gasteiger charge is 2.23. The molecule has 0 saturated carbocycles. The van der Waals surface area contributed by atoms with Gasteiger partial charge < -0.3 is 4.90 Å². The van der Waals surface area contributed by atoms with E-state index in [1.54, 1.807) is 17.7 Å². The molecule has 0 fully saturated rings. The van der Waals surface area contributed by atoms with E-state index in [0.29, 0.717) is 0 Å². The lowest BCUT2D eigenvalue weighted by Crippen LogP contribution is -2.23. The lowest BCUT2D eigenvalue weighted by atomic mass is 9.88. The second kappa shape index (κ2) is 6.87. The Bertz CT molecular complexity index is 911. The van der Waals surface area contributed by atoms with Gasteiger partial charge in [-0.2, -0.15) is 0 Å². The largest absolute Gasteiger partial charge is 0.356 e. The zero-order valence-corrected chi connectivity index (χ0v) is 16.2. The summed E-state index contributed by atoms with van der Waals surface area (Å²) in [4.78, 5) is 17.9. The molecule has 0 amide bonds. The van der Waals surface area contributed by atoms with E-state index in [9.17, 15) is 0 Å². The van der Waals surface area contributed by atoms with E-state index in [1.807, 2.05) is 0 Å². The van der Waals surface area contributed by atoms with Crippen molar-refractivity contribution >= 4 is 37.6 Å². The minimum Gasteiger partial charge on any atom is -0.356 e. The molecule has 0 bridgehead atoms. The first kappa shape index (κ1) is 16.7. The molecule has 1 aliphatic rings. The van der Waals surface area contributed by atoms with Crippen LogP contribution in [0.25, 0.3) is 20.4 Å². The normalized spacial score (nSPS) is 14.2. The molecule has 3 aromatic rings. The van der Waals surface area contributed by atoms with Gasteiger partial charge >= 0.3 is 0 Å². The first-order valence-electron chi connectivity index (χ1n) is 9.61. The highest BCUT2D eigenvalue weighted by Crippen LogP contribution is 2.41. The first-order chi connectivity index (χ1) is 12.3. The van der Waals surface area contributed by atoms with Gasteiger partial charge in [0.25, 0.3) is 0 Å². The van der Waals surface area contributed by atoms with Crippen molar-refractivity contribution in [3.8, 4) is 0 Å². The summed E-state index contributed by atoms with van der Waals surface area (Å²) in [5.41, 5.74) is 5.48. The van der Waals surface area contributed by atoms with Crippen molar-refractivity contribution in [2.45, 2.75) is 59.3 Å². The maximum atomic E-state index is 5.10. The Morgan fingerprint density at radius 2 is 1.80 bits per heavy atom. The zero-order valence-electron chi connectivity index (χ0n) is 15.4. The molecule has 132 valence electrons. The van der Waals surface area contributed by atoms with E-state index in [0.717, 1.165) is 42.1 Å². The number of hydrogen-bond acceptors (Lipinski definition) is 5. The summed E-state index contributed by atoms with van der Waals surface area (Å²) >= 11 is 1.78. The van der Waals surface area contributed by atoms with E-state index < -0.39 is 0 Å². The molecule has 4 rings (SSSR count). The van der Waals surface area contributed by atoms with Gasteiger partial charge in [0.2, 0.25) is 0 Å². The third-order valence-electron chi connectivity index (χ3n) is 5.34. The summed E-state index contributed by atoms with van der Waals surface area (Å²) in [6.45, 7) is 8.54. The molecule has 25 heavy (non-hydrogen) atoms. The average molecular weight is 355 g/mol. The van der Waals surface area contributed by atoms with Gasteiger partial charge in [-0.1, -0.05) is 13.3 Å². The van der Waals surface area contributed by atoms with Crippen LogP contribution >= 0.6 is 11.3 Å². The average Bonchev–Trinajstić information content (AvgIpc) is 3.02. The summed E-state index contributed by atoms with van der Waals surface area (Å²) in [5.74, 6) is 1.07. The molecule has 0 radical (unpaired) electrons. The molecule has 0 aliphatic heterocycles. The maximum Gasteiger partial charge on any atom is 0.150 e. The molecule has 3 heterocycles. The van der Waals surface area contributed by atoms with E-state index >= 15 is 0 Å². The van der Waals surface area contributed by atoms with Crippen LogP contribution in [-0.2, 0) is 19.3 Å². The molecule has 0 saturated heterocycles. The summed E-state index contributed by atoms with van der Waals surface area (Å²) in [5, 5.41) is 1.31. The molecular formula is C20H26N4S. The van der Waals surface area contributed by atoms with Crippen LogP contribution in [0.3, 0.4) is 0 Å². The Labute approximate surface area is 153 Å². The number of pyridine rings is 1. The van der Waals surface area contributed by atoms with Crippen molar-refractivity contribution < 1.29 is 0 Å². The quantitative estimate of drug-likeness (QED) is 0.652. The maximum absolute atomic E-state index is 5.10. The fraction of sp³-hybridized carbons (Fsp3) is 0.550. The van der Waals surface area contributed by atoms with E-state index in [2.05, 4.69) is 30.7 Å². The summed E-state index contributed by atoms with van der Waals surface area (Å²) in [7, 11) is 0. The Morgan fingerprint density at radius 3 is 2.52 bits per heavy atom. The van der Waals surface area contributed by atoms with Crippen LogP contribution in [0.5, 0.6) is 0 Å². The van der Waals surface area contributed by atoms with Gasteiger partial charge in [-0.25, -0.2) is 15.0 Å². The van der Waals surface area contributed by atoms with Crippen LogP contribution in [0.2, 0.25) is 0 Å². The van der Waals surface area contributed by atoms with Crippen LogP contribution in [0.1, 0.15) is 56.9 Å². The minimum atomic E-state index is 0.962. The SMILES string of the molecule is CCCc1nc2sc3c(N(CC)CC)ncnc3c2c2c1CCCC2. The molecule has 5 heteroatoms. The molecule has 1 aliphatic carbocycles. The third-order valence-corrected chi connectivity index (χ3v) is 6.41. The summed E-state index contributed by atoms with van der Waals surface area (Å²) < 4.78 is 1.20. The smallest absolute Gasteiger partial charge is 0.150 e. The van der Waals surface area contributed by atoms with Gasteiger partial charge in [0.15, 0.2) is 0 Å². The van der Waals surface area contributed by atoms with Gasteiger partial charge in [0, 0.05) is 24.2 Å². The van der Waals surface area contributed by atoms with Crippen molar-refractivity contribution in [3.05, 3.63) is 23.1 Å². The number of hydrogen-bond donors (Lipinski definition) is 0. The van der Waals surface area contributed by atoms with Crippen LogP contribution in [0.15, 0.2) is 6.33 Å². The van der Waals surface area contributed by atoms with Gasteiger partial charge in [0.05, 0.1) is 10.2 Å². The number of fused-ring (bicyclic) bond motifs is 5. The van der Waals surface area contributed by atoms with Crippen molar-refractivity contribution in [2.75, 3.05) is 18.0 Å². The Balaban J connectivity index is 2.04. The van der Waals surface area contributed by atoms with Crippen LogP contribution in [-0.4, -0.2) is 28.0 Å². The lowest BCUT2D eigenvalue weighted by Gasteiger charge is -2.20. The topological polar surface area (TPSA) is 41.9 Å². The highest BCUT2D eigenvalue weighted by molar-refractivity contribution is 7.26. The molecule has 0 unspecified atom stereocenters. The van der Waals surface area contributed by atoms with Gasteiger partial charge in [-0.15, -0.1) is 11.3 Å². The van der Waals surface area contributed by atoms with Crippen molar-refractivity contribution in [1.29, 1.82) is 0 Å². The third kappa shape index (κ3) is 2.69.